The van der Waals surface area contributed by atoms with Crippen LogP contribution in [0, 0.1) is 5.41 Å². The standard InChI is InChI=1S/C16H28N6.HI/c1-16(7-3-4-8-16)11-18-15(17-2)22-9-5-13(6-10-22)14-19-12-20-21-14;/h12-13H,3-11H2,1-2H3,(H,17,18)(H,19,20,21);1H. The zero-order valence-corrected chi connectivity index (χ0v) is 16.5. The van der Waals surface area contributed by atoms with E-state index in [0.29, 0.717) is 11.3 Å². The Morgan fingerprint density at radius 2 is 2.09 bits per heavy atom. The summed E-state index contributed by atoms with van der Waals surface area (Å²) in [4.78, 5) is 11.2. The first-order valence-corrected chi connectivity index (χ1v) is 8.51. The zero-order valence-electron chi connectivity index (χ0n) is 14.2. The number of nitrogens with zero attached hydrogens (tertiary/aromatic N) is 4. The zero-order chi connectivity index (χ0) is 15.4. The fourth-order valence-electron chi connectivity index (χ4n) is 3.81. The number of piperidine rings is 1. The van der Waals surface area contributed by atoms with Crippen LogP contribution in [0.2, 0.25) is 0 Å². The highest BCUT2D eigenvalue weighted by Crippen LogP contribution is 2.36. The van der Waals surface area contributed by atoms with Crippen LogP contribution < -0.4 is 5.32 Å². The molecule has 2 heterocycles. The van der Waals surface area contributed by atoms with E-state index in [2.05, 4.69) is 37.3 Å². The number of aromatic nitrogens is 3. The average molecular weight is 432 g/mol. The molecule has 1 saturated carbocycles. The molecule has 1 aromatic heterocycles. The number of H-pyrrole nitrogens is 1. The number of likely N-dealkylation sites (tertiary alicyclic amines) is 1. The van der Waals surface area contributed by atoms with Crippen LogP contribution in [0.1, 0.15) is 57.2 Å². The van der Waals surface area contributed by atoms with Crippen LogP contribution >= 0.6 is 24.0 Å². The van der Waals surface area contributed by atoms with E-state index in [1.54, 1.807) is 6.33 Å². The lowest BCUT2D eigenvalue weighted by Gasteiger charge is -2.35. The molecule has 2 fully saturated rings. The average Bonchev–Trinajstić information content (AvgIpc) is 3.21. The quantitative estimate of drug-likeness (QED) is 0.438. The van der Waals surface area contributed by atoms with Crippen LogP contribution in [0.25, 0.3) is 0 Å². The lowest BCUT2D eigenvalue weighted by molar-refractivity contribution is 0.285. The van der Waals surface area contributed by atoms with Crippen molar-refractivity contribution >= 4 is 29.9 Å². The normalized spacial score (nSPS) is 22.0. The second-order valence-electron chi connectivity index (χ2n) is 7.05. The summed E-state index contributed by atoms with van der Waals surface area (Å²) in [5, 5.41) is 10.6. The largest absolute Gasteiger partial charge is 0.356 e. The van der Waals surface area contributed by atoms with Gasteiger partial charge in [-0.3, -0.25) is 10.1 Å². The number of nitrogens with one attached hydrogen (secondary N) is 2. The summed E-state index contributed by atoms with van der Waals surface area (Å²) < 4.78 is 0. The van der Waals surface area contributed by atoms with Crippen molar-refractivity contribution in [1.82, 2.24) is 25.4 Å². The van der Waals surface area contributed by atoms with Gasteiger partial charge in [-0.25, -0.2) is 4.98 Å². The summed E-state index contributed by atoms with van der Waals surface area (Å²) in [6, 6.07) is 0. The van der Waals surface area contributed by atoms with Crippen molar-refractivity contribution in [2.24, 2.45) is 10.4 Å². The van der Waals surface area contributed by atoms with Gasteiger partial charge in [-0.05, 0) is 31.1 Å². The van der Waals surface area contributed by atoms with Gasteiger partial charge in [0.05, 0.1) is 0 Å². The molecule has 0 radical (unpaired) electrons. The van der Waals surface area contributed by atoms with E-state index in [9.17, 15) is 0 Å². The summed E-state index contributed by atoms with van der Waals surface area (Å²) in [6.07, 6.45) is 9.23. The van der Waals surface area contributed by atoms with E-state index < -0.39 is 0 Å². The van der Waals surface area contributed by atoms with Crippen molar-refractivity contribution in [2.75, 3.05) is 26.7 Å². The van der Waals surface area contributed by atoms with Gasteiger partial charge in [-0.2, -0.15) is 5.10 Å². The van der Waals surface area contributed by atoms with Crippen molar-refractivity contribution in [1.29, 1.82) is 0 Å². The Bertz CT molecular complexity index is 487. The molecular formula is C16H29IN6. The van der Waals surface area contributed by atoms with Gasteiger partial charge in [-0.1, -0.05) is 19.8 Å². The SMILES string of the molecule is CN=C(NCC1(C)CCCC1)N1CCC(c2ncn[nH]2)CC1.I. The summed E-state index contributed by atoms with van der Waals surface area (Å²) >= 11 is 0. The highest BCUT2D eigenvalue weighted by atomic mass is 127. The molecule has 0 unspecified atom stereocenters. The van der Waals surface area contributed by atoms with Crippen LogP contribution in [-0.4, -0.2) is 52.7 Å². The molecule has 2 aliphatic rings. The molecule has 0 aromatic carbocycles. The number of aromatic amines is 1. The van der Waals surface area contributed by atoms with Crippen LogP contribution in [-0.2, 0) is 0 Å². The van der Waals surface area contributed by atoms with Crippen LogP contribution in [0.5, 0.6) is 0 Å². The van der Waals surface area contributed by atoms with Gasteiger partial charge in [0.1, 0.15) is 12.2 Å². The maximum atomic E-state index is 4.49. The Labute approximate surface area is 155 Å². The molecule has 1 aliphatic carbocycles. The number of hydrogen-bond acceptors (Lipinski definition) is 3. The van der Waals surface area contributed by atoms with Gasteiger partial charge < -0.3 is 10.2 Å². The number of rotatable bonds is 3. The second kappa shape index (κ2) is 8.30. The third kappa shape index (κ3) is 4.58. The highest BCUT2D eigenvalue weighted by Gasteiger charge is 2.30. The summed E-state index contributed by atoms with van der Waals surface area (Å²) in [6.45, 7) is 5.50. The molecule has 0 spiro atoms. The Morgan fingerprint density at radius 3 is 2.65 bits per heavy atom. The Balaban J connectivity index is 0.00000192. The van der Waals surface area contributed by atoms with E-state index >= 15 is 0 Å². The van der Waals surface area contributed by atoms with Crippen LogP contribution in [0.15, 0.2) is 11.3 Å². The molecular weight excluding hydrogens is 403 g/mol. The van der Waals surface area contributed by atoms with Crippen molar-refractivity contribution in [2.45, 2.75) is 51.4 Å². The van der Waals surface area contributed by atoms with Gasteiger partial charge in [0, 0.05) is 32.6 Å². The van der Waals surface area contributed by atoms with Crippen molar-refractivity contribution < 1.29 is 0 Å². The maximum Gasteiger partial charge on any atom is 0.193 e. The molecule has 7 heteroatoms. The van der Waals surface area contributed by atoms with Crippen molar-refractivity contribution in [3.05, 3.63) is 12.2 Å². The third-order valence-corrected chi connectivity index (χ3v) is 5.31. The van der Waals surface area contributed by atoms with E-state index in [1.165, 1.54) is 25.7 Å². The van der Waals surface area contributed by atoms with Crippen molar-refractivity contribution in [3.63, 3.8) is 0 Å². The minimum Gasteiger partial charge on any atom is -0.356 e. The lowest BCUT2D eigenvalue weighted by Crippen LogP contribution is -2.47. The number of halogens is 1. The monoisotopic (exact) mass is 432 g/mol. The fraction of sp³-hybridized carbons (Fsp3) is 0.812. The molecule has 130 valence electrons. The first-order valence-electron chi connectivity index (χ1n) is 8.51. The van der Waals surface area contributed by atoms with E-state index in [4.69, 9.17) is 0 Å². The Morgan fingerprint density at radius 1 is 1.39 bits per heavy atom. The minimum absolute atomic E-state index is 0. The molecule has 1 aliphatic heterocycles. The predicted molar refractivity (Wildman–Crippen MR) is 103 cm³/mol. The number of hydrogen-bond donors (Lipinski definition) is 2. The molecule has 1 aromatic rings. The Kier molecular flexibility index (Phi) is 6.67. The summed E-state index contributed by atoms with van der Waals surface area (Å²) in [5.41, 5.74) is 0.452. The molecule has 0 amide bonds. The number of aliphatic imine (C=N–C) groups is 1. The maximum absolute atomic E-state index is 4.49. The lowest BCUT2D eigenvalue weighted by atomic mass is 9.89. The molecule has 0 bridgehead atoms. The molecule has 0 atom stereocenters. The second-order valence-corrected chi connectivity index (χ2v) is 7.05. The smallest absolute Gasteiger partial charge is 0.193 e. The Hall–Kier alpha value is -0.860. The van der Waals surface area contributed by atoms with E-state index in [-0.39, 0.29) is 24.0 Å². The fourth-order valence-corrected chi connectivity index (χ4v) is 3.81. The first-order chi connectivity index (χ1) is 10.7. The predicted octanol–water partition coefficient (Wildman–Crippen LogP) is 2.76. The summed E-state index contributed by atoms with van der Waals surface area (Å²) in [7, 11) is 1.89. The van der Waals surface area contributed by atoms with Crippen LogP contribution in [0.4, 0.5) is 0 Å². The van der Waals surface area contributed by atoms with Crippen LogP contribution in [0.3, 0.4) is 0 Å². The van der Waals surface area contributed by atoms with E-state index in [1.807, 2.05) is 7.05 Å². The van der Waals surface area contributed by atoms with Gasteiger partial charge in [-0.15, -0.1) is 24.0 Å². The van der Waals surface area contributed by atoms with Gasteiger partial charge in [0.25, 0.3) is 0 Å². The van der Waals surface area contributed by atoms with Crippen molar-refractivity contribution in [3.8, 4) is 0 Å². The van der Waals surface area contributed by atoms with E-state index in [0.717, 1.165) is 44.3 Å². The molecule has 2 N–H and O–H groups in total. The molecule has 23 heavy (non-hydrogen) atoms. The van der Waals surface area contributed by atoms with Gasteiger partial charge in [0.15, 0.2) is 5.96 Å². The first kappa shape index (κ1) is 18.5. The topological polar surface area (TPSA) is 69.2 Å². The number of guanidine groups is 1. The molecule has 1 saturated heterocycles. The molecule has 3 rings (SSSR count). The summed E-state index contributed by atoms with van der Waals surface area (Å²) in [5.74, 6) is 2.59. The third-order valence-electron chi connectivity index (χ3n) is 5.31. The van der Waals surface area contributed by atoms with Gasteiger partial charge >= 0.3 is 0 Å². The minimum atomic E-state index is 0. The van der Waals surface area contributed by atoms with Gasteiger partial charge in [0.2, 0.25) is 0 Å². The highest BCUT2D eigenvalue weighted by molar-refractivity contribution is 14.0. The molecule has 6 nitrogen and oxygen atoms in total.